The number of nitrogens with one attached hydrogen (secondary N) is 1. The molecule has 0 radical (unpaired) electrons. The second-order valence-corrected chi connectivity index (χ2v) is 7.39. The molecule has 0 bridgehead atoms. The number of hydrogen-bond donors (Lipinski definition) is 1. The zero-order valence-corrected chi connectivity index (χ0v) is 15.0. The number of fused-ring (bicyclic) bond motifs is 6. The molecule has 0 amide bonds. The predicted molar refractivity (Wildman–Crippen MR) is 104 cm³/mol. The van der Waals surface area contributed by atoms with Crippen molar-refractivity contribution in [2.24, 2.45) is 0 Å². The van der Waals surface area contributed by atoms with Crippen molar-refractivity contribution in [2.75, 3.05) is 32.5 Å². The van der Waals surface area contributed by atoms with Gasteiger partial charge in [-0.15, -0.1) is 0 Å². The molecule has 0 saturated heterocycles. The second-order valence-electron chi connectivity index (χ2n) is 6.39. The number of pyridine rings is 1. The van der Waals surface area contributed by atoms with Crippen molar-refractivity contribution in [1.29, 1.82) is 0 Å². The van der Waals surface area contributed by atoms with Gasteiger partial charge in [0.15, 0.2) is 5.13 Å². The molecular formula is C19H19FN4S. The molecular weight excluding hydrogens is 335 g/mol. The Morgan fingerprint density at radius 1 is 1.12 bits per heavy atom. The summed E-state index contributed by atoms with van der Waals surface area (Å²) in [6, 6.07) is 6.86. The fourth-order valence-electron chi connectivity index (χ4n) is 3.10. The highest BCUT2D eigenvalue weighted by atomic mass is 32.1. The summed E-state index contributed by atoms with van der Waals surface area (Å²) in [5.74, 6) is -0.241. The van der Waals surface area contributed by atoms with Gasteiger partial charge in [-0.3, -0.25) is 4.98 Å². The maximum absolute atomic E-state index is 13.8. The van der Waals surface area contributed by atoms with E-state index < -0.39 is 0 Å². The molecule has 0 atom stereocenters. The highest BCUT2D eigenvalue weighted by molar-refractivity contribution is 7.23. The quantitative estimate of drug-likeness (QED) is 0.423. The molecule has 2 aromatic carbocycles. The molecule has 6 heteroatoms. The summed E-state index contributed by atoms with van der Waals surface area (Å²) in [4.78, 5) is 11.2. The van der Waals surface area contributed by atoms with Crippen LogP contribution < -0.4 is 5.32 Å². The summed E-state index contributed by atoms with van der Waals surface area (Å²) in [6.45, 7) is 1.92. The summed E-state index contributed by atoms with van der Waals surface area (Å²) in [5, 5.41) is 8.19. The third-order valence-corrected chi connectivity index (χ3v) is 5.32. The number of benzene rings is 2. The van der Waals surface area contributed by atoms with Crippen LogP contribution in [-0.2, 0) is 0 Å². The lowest BCUT2D eigenvalue weighted by Crippen LogP contribution is -2.16. The summed E-state index contributed by atoms with van der Waals surface area (Å²) in [5.41, 5.74) is 0.925. The maximum atomic E-state index is 13.8. The molecule has 2 aromatic heterocycles. The van der Waals surface area contributed by atoms with E-state index in [1.165, 1.54) is 6.07 Å². The molecule has 1 N–H and O–H groups in total. The number of hydrogen-bond acceptors (Lipinski definition) is 5. The van der Waals surface area contributed by atoms with Crippen LogP contribution in [0.1, 0.15) is 6.42 Å². The van der Waals surface area contributed by atoms with Crippen LogP contribution in [0.3, 0.4) is 0 Å². The van der Waals surface area contributed by atoms with Gasteiger partial charge in [0, 0.05) is 35.1 Å². The first-order chi connectivity index (χ1) is 12.1. The van der Waals surface area contributed by atoms with E-state index in [0.717, 1.165) is 56.4 Å². The second kappa shape index (κ2) is 6.54. The number of anilines is 1. The van der Waals surface area contributed by atoms with Crippen molar-refractivity contribution < 1.29 is 4.39 Å². The van der Waals surface area contributed by atoms with Gasteiger partial charge in [0.05, 0.1) is 10.2 Å². The molecule has 128 valence electrons. The minimum Gasteiger partial charge on any atom is -0.361 e. The first-order valence-corrected chi connectivity index (χ1v) is 9.09. The standard InChI is InChI=1S/C19H19FN4S/c1-24(2)9-3-7-22-19-23-17-13-5-4-12(20)10-15(13)16-11-21-8-6-14(16)18(17)25-19/h4-6,8,10-11H,3,7,9H2,1-2H3,(H,22,23). The average Bonchev–Trinajstić information content (AvgIpc) is 3.03. The molecule has 4 aromatic rings. The summed E-state index contributed by atoms with van der Waals surface area (Å²) < 4.78 is 14.9. The third kappa shape index (κ3) is 3.03. The van der Waals surface area contributed by atoms with Gasteiger partial charge in [-0.2, -0.15) is 0 Å². The van der Waals surface area contributed by atoms with Gasteiger partial charge in [-0.05, 0) is 56.7 Å². The Kier molecular flexibility index (Phi) is 4.23. The summed E-state index contributed by atoms with van der Waals surface area (Å²) in [6.07, 6.45) is 4.64. The average molecular weight is 354 g/mol. The molecule has 0 aliphatic heterocycles. The van der Waals surface area contributed by atoms with Crippen LogP contribution in [0.25, 0.3) is 31.8 Å². The van der Waals surface area contributed by atoms with Gasteiger partial charge in [-0.1, -0.05) is 11.3 Å². The van der Waals surface area contributed by atoms with Crippen LogP contribution in [0.15, 0.2) is 36.7 Å². The topological polar surface area (TPSA) is 41.0 Å². The minimum atomic E-state index is -0.241. The van der Waals surface area contributed by atoms with Crippen LogP contribution >= 0.6 is 11.3 Å². The van der Waals surface area contributed by atoms with Crippen LogP contribution in [0.2, 0.25) is 0 Å². The first kappa shape index (κ1) is 16.2. The number of nitrogens with zero attached hydrogens (tertiary/aromatic N) is 3. The van der Waals surface area contributed by atoms with E-state index in [1.807, 2.05) is 12.1 Å². The smallest absolute Gasteiger partial charge is 0.183 e. The fourth-order valence-corrected chi connectivity index (χ4v) is 4.15. The molecule has 0 spiro atoms. The fraction of sp³-hybridized carbons (Fsp3) is 0.263. The molecule has 0 aliphatic rings. The Morgan fingerprint density at radius 2 is 2.00 bits per heavy atom. The van der Waals surface area contributed by atoms with E-state index in [2.05, 4.69) is 29.3 Å². The van der Waals surface area contributed by atoms with E-state index in [1.54, 1.807) is 29.8 Å². The number of aromatic nitrogens is 2. The van der Waals surface area contributed by atoms with Gasteiger partial charge in [-0.25, -0.2) is 9.37 Å². The zero-order valence-electron chi connectivity index (χ0n) is 14.2. The number of rotatable bonds is 5. The van der Waals surface area contributed by atoms with Crippen LogP contribution in [0, 0.1) is 5.82 Å². The Bertz CT molecular complexity index is 1060. The SMILES string of the molecule is CN(C)CCCNc1nc2c3ccc(F)cc3c3cnccc3c2s1. The lowest BCUT2D eigenvalue weighted by Gasteiger charge is -2.08. The van der Waals surface area contributed by atoms with Crippen LogP contribution in [0.5, 0.6) is 0 Å². The van der Waals surface area contributed by atoms with E-state index in [9.17, 15) is 4.39 Å². The van der Waals surface area contributed by atoms with Gasteiger partial charge in [0.2, 0.25) is 0 Å². The Labute approximate surface area is 149 Å². The highest BCUT2D eigenvalue weighted by Gasteiger charge is 2.14. The minimum absolute atomic E-state index is 0.241. The van der Waals surface area contributed by atoms with Crippen molar-refractivity contribution in [3.63, 3.8) is 0 Å². The third-order valence-electron chi connectivity index (χ3n) is 4.28. The van der Waals surface area contributed by atoms with Crippen molar-refractivity contribution in [3.05, 3.63) is 42.5 Å². The van der Waals surface area contributed by atoms with E-state index in [4.69, 9.17) is 4.98 Å². The van der Waals surface area contributed by atoms with Crippen LogP contribution in [-0.4, -0.2) is 42.1 Å². The van der Waals surface area contributed by atoms with Gasteiger partial charge >= 0.3 is 0 Å². The first-order valence-electron chi connectivity index (χ1n) is 8.27. The van der Waals surface area contributed by atoms with E-state index >= 15 is 0 Å². The van der Waals surface area contributed by atoms with E-state index in [0.29, 0.717) is 0 Å². The molecule has 0 unspecified atom stereocenters. The summed E-state index contributed by atoms with van der Waals surface area (Å²) >= 11 is 1.65. The largest absolute Gasteiger partial charge is 0.361 e. The number of halogens is 1. The van der Waals surface area contributed by atoms with E-state index in [-0.39, 0.29) is 5.82 Å². The molecule has 4 nitrogen and oxygen atoms in total. The van der Waals surface area contributed by atoms with Crippen molar-refractivity contribution in [3.8, 4) is 0 Å². The Morgan fingerprint density at radius 3 is 2.84 bits per heavy atom. The molecule has 4 rings (SSSR count). The Hall–Kier alpha value is -2.31. The monoisotopic (exact) mass is 354 g/mol. The molecule has 2 heterocycles. The van der Waals surface area contributed by atoms with Crippen molar-refractivity contribution in [2.45, 2.75) is 6.42 Å². The Balaban J connectivity index is 1.83. The van der Waals surface area contributed by atoms with Gasteiger partial charge in [0.1, 0.15) is 5.82 Å². The predicted octanol–water partition coefficient (Wildman–Crippen LogP) is 4.50. The highest BCUT2D eigenvalue weighted by Crippen LogP contribution is 2.39. The lowest BCUT2D eigenvalue weighted by atomic mass is 10.0. The van der Waals surface area contributed by atoms with Crippen molar-refractivity contribution in [1.82, 2.24) is 14.9 Å². The van der Waals surface area contributed by atoms with Gasteiger partial charge in [0.25, 0.3) is 0 Å². The molecule has 0 aliphatic carbocycles. The lowest BCUT2D eigenvalue weighted by molar-refractivity contribution is 0.405. The zero-order chi connectivity index (χ0) is 17.4. The molecule has 0 saturated carbocycles. The normalized spacial score (nSPS) is 11.8. The molecule has 0 fully saturated rings. The van der Waals surface area contributed by atoms with Crippen LogP contribution in [0.4, 0.5) is 9.52 Å². The number of thiazole rings is 1. The van der Waals surface area contributed by atoms with Gasteiger partial charge < -0.3 is 10.2 Å². The maximum Gasteiger partial charge on any atom is 0.183 e. The van der Waals surface area contributed by atoms with Crippen molar-refractivity contribution >= 4 is 48.2 Å². The summed E-state index contributed by atoms with van der Waals surface area (Å²) in [7, 11) is 4.15. The molecule has 25 heavy (non-hydrogen) atoms.